The highest BCUT2D eigenvalue weighted by atomic mass is 32.2. The fraction of sp³-hybridized carbons (Fsp3) is 0.125. The normalized spacial score (nSPS) is 14.8. The number of rotatable bonds is 2. The summed E-state index contributed by atoms with van der Waals surface area (Å²) in [6, 6.07) is 10.2. The molecule has 2 heteroatoms. The van der Waals surface area contributed by atoms with Gasteiger partial charge < -0.3 is 5.73 Å². The highest BCUT2D eigenvalue weighted by Gasteiger charge is 1.94. The monoisotopic (exact) mass is 154 g/mol. The summed E-state index contributed by atoms with van der Waals surface area (Å²) in [4.78, 5) is 1.28. The summed E-state index contributed by atoms with van der Waals surface area (Å²) in [6.45, 7) is 0. The van der Waals surface area contributed by atoms with Gasteiger partial charge in [-0.2, -0.15) is 0 Å². The van der Waals surface area contributed by atoms with Gasteiger partial charge in [0.1, 0.15) is 0 Å². The van der Waals surface area contributed by atoms with Crippen molar-refractivity contribution >= 4 is 10.9 Å². The lowest BCUT2D eigenvalue weighted by molar-refractivity contribution is 1.35. The molecule has 0 aliphatic carbocycles. The van der Waals surface area contributed by atoms with E-state index in [1.807, 2.05) is 18.2 Å². The second-order valence-corrected chi connectivity index (χ2v) is 4.02. The first-order valence-corrected chi connectivity index (χ1v) is 4.89. The maximum atomic E-state index is 5.47. The van der Waals surface area contributed by atoms with Gasteiger partial charge in [-0.25, -0.2) is 10.9 Å². The number of thiol groups is 1. The summed E-state index contributed by atoms with van der Waals surface area (Å²) in [5, 5.41) is 0. The SMILES string of the molecule is [CH2][SH](CN)c1ccccc1. The van der Waals surface area contributed by atoms with Gasteiger partial charge in [-0.15, -0.1) is 0 Å². The number of hydrogen-bond acceptors (Lipinski definition) is 1. The smallest absolute Gasteiger partial charge is 0.0248 e. The van der Waals surface area contributed by atoms with Crippen LogP contribution >= 0.6 is 10.9 Å². The van der Waals surface area contributed by atoms with Crippen molar-refractivity contribution in [1.82, 2.24) is 0 Å². The summed E-state index contributed by atoms with van der Waals surface area (Å²) in [7, 11) is -0.346. The molecule has 1 atom stereocenters. The largest absolute Gasteiger partial charge is 0.323 e. The zero-order chi connectivity index (χ0) is 7.40. The zero-order valence-electron chi connectivity index (χ0n) is 5.83. The molecule has 55 valence electrons. The molecule has 0 fully saturated rings. The topological polar surface area (TPSA) is 26.0 Å². The quantitative estimate of drug-likeness (QED) is 0.624. The number of benzene rings is 1. The molecule has 0 saturated heterocycles. The fourth-order valence-electron chi connectivity index (χ4n) is 0.744. The Labute approximate surface area is 64.6 Å². The molecule has 0 amide bonds. The molecule has 0 aliphatic heterocycles. The van der Waals surface area contributed by atoms with E-state index in [1.54, 1.807) is 0 Å². The van der Waals surface area contributed by atoms with Crippen LogP contribution in [0, 0.1) is 6.26 Å². The Bertz CT molecular complexity index is 186. The van der Waals surface area contributed by atoms with Crippen LogP contribution in [0.4, 0.5) is 0 Å². The lowest BCUT2D eigenvalue weighted by Crippen LogP contribution is -1.97. The van der Waals surface area contributed by atoms with Crippen molar-refractivity contribution in [3.05, 3.63) is 36.6 Å². The second kappa shape index (κ2) is 3.64. The summed E-state index contributed by atoms with van der Waals surface area (Å²) < 4.78 is 0. The van der Waals surface area contributed by atoms with Crippen molar-refractivity contribution in [2.24, 2.45) is 5.73 Å². The van der Waals surface area contributed by atoms with Crippen LogP contribution in [0.5, 0.6) is 0 Å². The van der Waals surface area contributed by atoms with Gasteiger partial charge in [-0.1, -0.05) is 30.3 Å². The van der Waals surface area contributed by atoms with E-state index >= 15 is 0 Å². The third-order valence-electron chi connectivity index (χ3n) is 1.34. The van der Waals surface area contributed by atoms with Crippen molar-refractivity contribution in [2.45, 2.75) is 4.90 Å². The Balaban J connectivity index is 2.75. The minimum atomic E-state index is -0.346. The molecule has 1 radical (unpaired) electrons. The van der Waals surface area contributed by atoms with Crippen LogP contribution in [-0.4, -0.2) is 5.88 Å². The van der Waals surface area contributed by atoms with Crippen LogP contribution < -0.4 is 5.73 Å². The third kappa shape index (κ3) is 1.75. The second-order valence-electron chi connectivity index (χ2n) is 2.06. The Morgan fingerprint density at radius 2 is 1.90 bits per heavy atom. The van der Waals surface area contributed by atoms with Gasteiger partial charge >= 0.3 is 0 Å². The molecular weight excluding hydrogens is 142 g/mol. The first kappa shape index (κ1) is 7.63. The maximum absolute atomic E-state index is 5.47. The summed E-state index contributed by atoms with van der Waals surface area (Å²) in [5.74, 6) is 0.680. The van der Waals surface area contributed by atoms with E-state index in [2.05, 4.69) is 18.4 Å². The van der Waals surface area contributed by atoms with Crippen LogP contribution in [0.2, 0.25) is 0 Å². The van der Waals surface area contributed by atoms with E-state index in [4.69, 9.17) is 5.73 Å². The third-order valence-corrected chi connectivity index (χ3v) is 2.81. The van der Waals surface area contributed by atoms with Crippen LogP contribution in [0.15, 0.2) is 35.2 Å². The molecule has 1 rings (SSSR count). The minimum Gasteiger partial charge on any atom is -0.323 e. The molecule has 1 aromatic carbocycles. The first-order valence-electron chi connectivity index (χ1n) is 3.17. The molecular formula is C8H12NS. The highest BCUT2D eigenvalue weighted by molar-refractivity contribution is 8.18. The Morgan fingerprint density at radius 3 is 2.40 bits per heavy atom. The van der Waals surface area contributed by atoms with Gasteiger partial charge in [0.2, 0.25) is 0 Å². The lowest BCUT2D eigenvalue weighted by atomic mass is 10.4. The van der Waals surface area contributed by atoms with Crippen molar-refractivity contribution in [3.8, 4) is 0 Å². The first-order chi connectivity index (χ1) is 4.84. The molecule has 1 unspecified atom stereocenters. The molecule has 0 bridgehead atoms. The number of nitrogens with two attached hydrogens (primary N) is 1. The van der Waals surface area contributed by atoms with Gasteiger partial charge in [0.15, 0.2) is 0 Å². The predicted octanol–water partition coefficient (Wildman–Crippen LogP) is 1.75. The van der Waals surface area contributed by atoms with Crippen LogP contribution in [0.1, 0.15) is 0 Å². The minimum absolute atomic E-state index is 0.346. The molecule has 10 heavy (non-hydrogen) atoms. The van der Waals surface area contributed by atoms with Gasteiger partial charge in [0.05, 0.1) is 0 Å². The predicted molar refractivity (Wildman–Crippen MR) is 48.1 cm³/mol. The molecule has 0 aromatic heterocycles. The van der Waals surface area contributed by atoms with Gasteiger partial charge in [-0.05, 0) is 11.2 Å². The van der Waals surface area contributed by atoms with Crippen molar-refractivity contribution in [1.29, 1.82) is 0 Å². The zero-order valence-corrected chi connectivity index (χ0v) is 6.72. The van der Waals surface area contributed by atoms with Gasteiger partial charge in [-0.3, -0.25) is 0 Å². The highest BCUT2D eigenvalue weighted by Crippen LogP contribution is 2.31. The van der Waals surface area contributed by atoms with Crippen molar-refractivity contribution in [3.63, 3.8) is 0 Å². The Hall–Kier alpha value is -0.470. The maximum Gasteiger partial charge on any atom is 0.0248 e. The summed E-state index contributed by atoms with van der Waals surface area (Å²) in [5.41, 5.74) is 5.47. The Kier molecular flexibility index (Phi) is 2.78. The van der Waals surface area contributed by atoms with E-state index in [0.29, 0.717) is 5.88 Å². The molecule has 0 heterocycles. The molecule has 0 spiro atoms. The van der Waals surface area contributed by atoms with Crippen LogP contribution in [0.3, 0.4) is 0 Å². The number of hydrogen-bond donors (Lipinski definition) is 2. The van der Waals surface area contributed by atoms with E-state index in [0.717, 1.165) is 0 Å². The van der Waals surface area contributed by atoms with E-state index in [9.17, 15) is 0 Å². The van der Waals surface area contributed by atoms with Crippen molar-refractivity contribution in [2.75, 3.05) is 5.88 Å². The van der Waals surface area contributed by atoms with E-state index in [1.165, 1.54) is 4.90 Å². The fourth-order valence-corrected chi connectivity index (χ4v) is 1.55. The average molecular weight is 154 g/mol. The standard InChI is InChI=1S/C8H12NS/c1-10(7-9)8-5-3-2-4-6-8/h2-6,10H,1,7,9H2. The van der Waals surface area contributed by atoms with Gasteiger partial charge in [0.25, 0.3) is 0 Å². The molecule has 0 aliphatic rings. The van der Waals surface area contributed by atoms with Crippen LogP contribution in [0.25, 0.3) is 0 Å². The lowest BCUT2D eigenvalue weighted by Gasteiger charge is -2.11. The van der Waals surface area contributed by atoms with Gasteiger partial charge in [0, 0.05) is 5.88 Å². The van der Waals surface area contributed by atoms with Crippen LogP contribution in [-0.2, 0) is 0 Å². The summed E-state index contributed by atoms with van der Waals surface area (Å²) in [6.07, 6.45) is 3.97. The van der Waals surface area contributed by atoms with E-state index in [-0.39, 0.29) is 10.9 Å². The van der Waals surface area contributed by atoms with Crippen molar-refractivity contribution < 1.29 is 0 Å². The molecule has 2 N–H and O–H groups in total. The molecule has 1 nitrogen and oxygen atoms in total. The molecule has 0 saturated carbocycles. The average Bonchev–Trinajstić information content (AvgIpc) is 2.05. The summed E-state index contributed by atoms with van der Waals surface area (Å²) >= 11 is 0. The van der Waals surface area contributed by atoms with E-state index < -0.39 is 0 Å². The Morgan fingerprint density at radius 1 is 1.30 bits per heavy atom. The molecule has 1 aromatic rings.